The molecule has 152 valence electrons. The quantitative estimate of drug-likeness (QED) is 0.516. The molecule has 1 atom stereocenters. The Bertz CT molecular complexity index is 548. The predicted molar refractivity (Wildman–Crippen MR) is 94.4 cm³/mol. The van der Waals surface area contributed by atoms with Gasteiger partial charge in [0, 0.05) is 19.4 Å². The molecule has 2 amide bonds. The molecule has 0 bridgehead atoms. The summed E-state index contributed by atoms with van der Waals surface area (Å²) in [6, 6.07) is 0. The number of esters is 2. The number of hydrogen-bond acceptors (Lipinski definition) is 7. The third kappa shape index (κ3) is 9.72. The fraction of sp³-hybridized carbons (Fsp3) is 0.722. The predicted octanol–water partition coefficient (Wildman–Crippen LogP) is 0.255. The first-order valence-electron chi connectivity index (χ1n) is 9.32. The number of cyclic esters (lactones) is 1. The number of carbonyl (C=O) groups excluding carboxylic acids is 5. The molecule has 0 radical (unpaired) electrons. The van der Waals surface area contributed by atoms with Crippen molar-refractivity contribution in [1.82, 2.24) is 10.6 Å². The van der Waals surface area contributed by atoms with Gasteiger partial charge in [0.25, 0.3) is 0 Å². The van der Waals surface area contributed by atoms with Crippen LogP contribution < -0.4 is 10.6 Å². The average Bonchev–Trinajstić information content (AvgIpc) is 2.62. The van der Waals surface area contributed by atoms with Gasteiger partial charge in [-0.15, -0.1) is 0 Å². The zero-order chi connectivity index (χ0) is 20.1. The number of carbonyl (C=O) groups is 5. The second kappa shape index (κ2) is 12.8. The maximum Gasteiger partial charge on any atom is 0.316 e. The summed E-state index contributed by atoms with van der Waals surface area (Å²) in [5.74, 6) is -2.96. The van der Waals surface area contributed by atoms with Crippen LogP contribution in [0, 0.1) is 5.92 Å². The Morgan fingerprint density at radius 3 is 2.56 bits per heavy atom. The van der Waals surface area contributed by atoms with Crippen molar-refractivity contribution in [3.05, 3.63) is 0 Å². The SMILES string of the molecule is CCOC(=O)C1CCCCCC(=O)NCC(=O)NCCC(=O)OCCC1=O. The highest BCUT2D eigenvalue weighted by atomic mass is 16.5. The second-order valence-corrected chi connectivity index (χ2v) is 6.22. The van der Waals surface area contributed by atoms with Gasteiger partial charge in [-0.05, 0) is 19.8 Å². The Morgan fingerprint density at radius 1 is 1.04 bits per heavy atom. The minimum Gasteiger partial charge on any atom is -0.465 e. The first-order valence-corrected chi connectivity index (χ1v) is 9.32. The summed E-state index contributed by atoms with van der Waals surface area (Å²) < 4.78 is 9.93. The minimum absolute atomic E-state index is 0.0464. The normalized spacial score (nSPS) is 21.9. The highest BCUT2D eigenvalue weighted by molar-refractivity contribution is 5.99. The highest BCUT2D eigenvalue weighted by Gasteiger charge is 2.27. The smallest absolute Gasteiger partial charge is 0.316 e. The van der Waals surface area contributed by atoms with Crippen molar-refractivity contribution in [3.8, 4) is 0 Å². The Kier molecular flexibility index (Phi) is 10.7. The molecule has 0 aliphatic carbocycles. The van der Waals surface area contributed by atoms with Gasteiger partial charge in [-0.3, -0.25) is 24.0 Å². The molecule has 0 aromatic rings. The van der Waals surface area contributed by atoms with E-state index >= 15 is 0 Å². The van der Waals surface area contributed by atoms with E-state index < -0.39 is 17.9 Å². The fourth-order valence-corrected chi connectivity index (χ4v) is 2.61. The van der Waals surface area contributed by atoms with Gasteiger partial charge < -0.3 is 20.1 Å². The summed E-state index contributed by atoms with van der Waals surface area (Å²) in [7, 11) is 0. The van der Waals surface area contributed by atoms with Gasteiger partial charge in [-0.25, -0.2) is 0 Å². The van der Waals surface area contributed by atoms with E-state index in [4.69, 9.17) is 9.47 Å². The van der Waals surface area contributed by atoms with E-state index in [-0.39, 0.29) is 63.2 Å². The summed E-state index contributed by atoms with van der Waals surface area (Å²) in [5, 5.41) is 5.00. The average molecular weight is 384 g/mol. The number of nitrogens with one attached hydrogen (secondary N) is 2. The van der Waals surface area contributed by atoms with E-state index in [1.807, 2.05) is 0 Å². The van der Waals surface area contributed by atoms with Crippen LogP contribution in [0.3, 0.4) is 0 Å². The molecule has 27 heavy (non-hydrogen) atoms. The number of rotatable bonds is 2. The highest BCUT2D eigenvalue weighted by Crippen LogP contribution is 2.16. The van der Waals surface area contributed by atoms with E-state index in [2.05, 4.69) is 10.6 Å². The van der Waals surface area contributed by atoms with Crippen LogP contribution in [0.25, 0.3) is 0 Å². The van der Waals surface area contributed by atoms with Crippen molar-refractivity contribution in [2.45, 2.75) is 51.9 Å². The van der Waals surface area contributed by atoms with E-state index in [1.165, 1.54) is 0 Å². The topological polar surface area (TPSA) is 128 Å². The number of hydrogen-bond donors (Lipinski definition) is 2. The molecule has 9 heteroatoms. The second-order valence-electron chi connectivity index (χ2n) is 6.22. The third-order valence-electron chi connectivity index (χ3n) is 4.07. The Balaban J connectivity index is 2.65. The molecule has 1 saturated heterocycles. The number of ketones is 1. The molecule has 0 aromatic heterocycles. The van der Waals surface area contributed by atoms with Crippen molar-refractivity contribution in [1.29, 1.82) is 0 Å². The van der Waals surface area contributed by atoms with Crippen LogP contribution in [0.5, 0.6) is 0 Å². The lowest BCUT2D eigenvalue weighted by Gasteiger charge is -2.15. The summed E-state index contributed by atoms with van der Waals surface area (Å²) in [6.45, 7) is 1.67. The Morgan fingerprint density at radius 2 is 1.81 bits per heavy atom. The zero-order valence-corrected chi connectivity index (χ0v) is 15.7. The third-order valence-corrected chi connectivity index (χ3v) is 4.07. The molecule has 1 heterocycles. The van der Waals surface area contributed by atoms with Gasteiger partial charge in [0.1, 0.15) is 11.7 Å². The van der Waals surface area contributed by atoms with E-state index in [0.29, 0.717) is 25.7 Å². The lowest BCUT2D eigenvalue weighted by atomic mass is 9.94. The lowest BCUT2D eigenvalue weighted by Crippen LogP contribution is -2.37. The molecule has 1 aliphatic rings. The molecular weight excluding hydrogens is 356 g/mol. The van der Waals surface area contributed by atoms with Crippen molar-refractivity contribution >= 4 is 29.5 Å². The maximum atomic E-state index is 12.3. The van der Waals surface area contributed by atoms with Crippen LogP contribution in [0.15, 0.2) is 0 Å². The van der Waals surface area contributed by atoms with Crippen LogP contribution in [0.2, 0.25) is 0 Å². The first-order chi connectivity index (χ1) is 12.9. The van der Waals surface area contributed by atoms with Gasteiger partial charge >= 0.3 is 11.9 Å². The van der Waals surface area contributed by atoms with Crippen LogP contribution in [0.1, 0.15) is 51.9 Å². The Hall–Kier alpha value is -2.45. The van der Waals surface area contributed by atoms with Gasteiger partial charge in [-0.1, -0.05) is 12.8 Å². The van der Waals surface area contributed by atoms with Crippen LogP contribution in [-0.2, 0) is 33.4 Å². The van der Waals surface area contributed by atoms with Crippen molar-refractivity contribution in [2.24, 2.45) is 5.92 Å². The molecule has 1 aliphatic heterocycles. The van der Waals surface area contributed by atoms with E-state index in [9.17, 15) is 24.0 Å². The molecule has 9 nitrogen and oxygen atoms in total. The molecular formula is C18H28N2O7. The number of Topliss-reactive ketones (excluding diaryl/α,β-unsaturated/α-hetero) is 1. The Labute approximate surface area is 158 Å². The molecule has 1 rings (SSSR count). The molecule has 0 aromatic carbocycles. The monoisotopic (exact) mass is 384 g/mol. The first kappa shape index (κ1) is 22.6. The van der Waals surface area contributed by atoms with Gasteiger partial charge in [0.2, 0.25) is 11.8 Å². The summed E-state index contributed by atoms with van der Waals surface area (Å²) in [5.41, 5.74) is 0. The van der Waals surface area contributed by atoms with E-state index in [1.54, 1.807) is 6.92 Å². The molecule has 1 fully saturated rings. The summed E-state index contributed by atoms with van der Waals surface area (Å²) >= 11 is 0. The van der Waals surface area contributed by atoms with Crippen molar-refractivity contribution in [2.75, 3.05) is 26.3 Å². The maximum absolute atomic E-state index is 12.3. The van der Waals surface area contributed by atoms with Crippen LogP contribution >= 0.6 is 0 Å². The standard InChI is InChI=1S/C18H28N2O7/c1-2-26-18(25)13-6-4-3-5-7-15(22)20-12-16(23)19-10-8-17(24)27-11-9-14(13)21/h13H,2-12H2,1H3,(H,19,23)(H,20,22). The summed E-state index contributed by atoms with van der Waals surface area (Å²) in [4.78, 5) is 59.2. The van der Waals surface area contributed by atoms with Crippen molar-refractivity contribution < 1.29 is 33.4 Å². The summed E-state index contributed by atoms with van der Waals surface area (Å²) in [6.07, 6.45) is 2.32. The molecule has 0 spiro atoms. The molecule has 2 N–H and O–H groups in total. The van der Waals surface area contributed by atoms with Gasteiger partial charge in [-0.2, -0.15) is 0 Å². The largest absolute Gasteiger partial charge is 0.465 e. The van der Waals surface area contributed by atoms with E-state index in [0.717, 1.165) is 0 Å². The molecule has 1 unspecified atom stereocenters. The number of ether oxygens (including phenoxy) is 2. The fourth-order valence-electron chi connectivity index (χ4n) is 2.61. The lowest BCUT2D eigenvalue weighted by molar-refractivity contribution is -0.152. The van der Waals surface area contributed by atoms with Crippen molar-refractivity contribution in [3.63, 3.8) is 0 Å². The zero-order valence-electron chi connectivity index (χ0n) is 15.7. The van der Waals surface area contributed by atoms with Crippen LogP contribution in [0.4, 0.5) is 0 Å². The van der Waals surface area contributed by atoms with Crippen LogP contribution in [-0.4, -0.2) is 55.8 Å². The van der Waals surface area contributed by atoms with Gasteiger partial charge in [0.05, 0.1) is 26.2 Å². The van der Waals surface area contributed by atoms with Gasteiger partial charge in [0.15, 0.2) is 0 Å². The minimum atomic E-state index is -0.879. The number of amides is 2. The molecule has 0 saturated carbocycles.